The molecule has 114 valence electrons. The van der Waals surface area contributed by atoms with E-state index in [2.05, 4.69) is 15.5 Å². The van der Waals surface area contributed by atoms with Gasteiger partial charge in [-0.1, -0.05) is 23.5 Å². The van der Waals surface area contributed by atoms with Gasteiger partial charge in [0.2, 0.25) is 5.13 Å². The van der Waals surface area contributed by atoms with Crippen LogP contribution in [-0.4, -0.2) is 31.5 Å². The summed E-state index contributed by atoms with van der Waals surface area (Å²) in [7, 11) is 3.35. The number of aromatic nitrogens is 1. The number of allylic oxidation sites excluding steroid dienone is 2. The van der Waals surface area contributed by atoms with Crippen LogP contribution in [0.5, 0.6) is 0 Å². The summed E-state index contributed by atoms with van der Waals surface area (Å²) in [6.07, 6.45) is 6.49. The molecule has 5 nitrogen and oxygen atoms in total. The molecule has 0 amide bonds. The third-order valence-electron chi connectivity index (χ3n) is 3.34. The molecule has 1 aromatic heterocycles. The van der Waals surface area contributed by atoms with Crippen LogP contribution < -0.4 is 5.43 Å². The largest absolute Gasteiger partial charge is 0.501 e. The van der Waals surface area contributed by atoms with Gasteiger partial charge in [-0.2, -0.15) is 5.10 Å². The van der Waals surface area contributed by atoms with Gasteiger partial charge in [0.05, 0.1) is 35.4 Å². The molecule has 6 heteroatoms. The highest BCUT2D eigenvalue weighted by Crippen LogP contribution is 2.25. The van der Waals surface area contributed by atoms with Gasteiger partial charge in [0.25, 0.3) is 0 Å². The second-order valence-corrected chi connectivity index (χ2v) is 5.85. The maximum Gasteiger partial charge on any atom is 0.204 e. The number of hydrazone groups is 1. The Bertz CT molecular complexity index is 716. The average Bonchev–Trinajstić information content (AvgIpc) is 2.97. The van der Waals surface area contributed by atoms with Gasteiger partial charge in [-0.3, -0.25) is 5.43 Å². The number of rotatable bonds is 5. The van der Waals surface area contributed by atoms with Crippen LogP contribution in [0.25, 0.3) is 10.2 Å². The van der Waals surface area contributed by atoms with Crippen molar-refractivity contribution in [3.05, 3.63) is 47.7 Å². The summed E-state index contributed by atoms with van der Waals surface area (Å²) in [6, 6.07) is 8.01. The smallest absolute Gasteiger partial charge is 0.204 e. The van der Waals surface area contributed by atoms with Gasteiger partial charge in [0.1, 0.15) is 0 Å². The monoisotopic (exact) mass is 315 g/mol. The van der Waals surface area contributed by atoms with Crippen LogP contribution in [-0.2, 0) is 9.47 Å². The topological polar surface area (TPSA) is 55.7 Å². The highest BCUT2D eigenvalue weighted by atomic mass is 32.1. The molecule has 0 saturated carbocycles. The molecule has 0 bridgehead atoms. The van der Waals surface area contributed by atoms with E-state index >= 15 is 0 Å². The average molecular weight is 315 g/mol. The van der Waals surface area contributed by atoms with Crippen molar-refractivity contribution < 1.29 is 9.47 Å². The summed E-state index contributed by atoms with van der Waals surface area (Å²) >= 11 is 1.57. The Morgan fingerprint density at radius 1 is 1.36 bits per heavy atom. The molecule has 22 heavy (non-hydrogen) atoms. The van der Waals surface area contributed by atoms with Gasteiger partial charge < -0.3 is 9.47 Å². The number of fused-ring (bicyclic) bond motifs is 1. The fourth-order valence-electron chi connectivity index (χ4n) is 2.22. The maximum atomic E-state index is 5.37. The third kappa shape index (κ3) is 3.35. The Balaban J connectivity index is 1.70. The Morgan fingerprint density at radius 2 is 2.23 bits per heavy atom. The second-order valence-electron chi connectivity index (χ2n) is 4.82. The van der Waals surface area contributed by atoms with Gasteiger partial charge in [0.15, 0.2) is 0 Å². The highest BCUT2D eigenvalue weighted by Gasteiger charge is 2.14. The summed E-state index contributed by atoms with van der Waals surface area (Å²) in [5.41, 5.74) is 4.90. The SMILES string of the molecule is COC1=CC(/C=N\Nc2nc3ccccc3s2)=C[C@H](OC)C1. The first-order valence-corrected chi connectivity index (χ1v) is 7.74. The van der Waals surface area contributed by atoms with Gasteiger partial charge in [0, 0.05) is 13.5 Å². The summed E-state index contributed by atoms with van der Waals surface area (Å²) in [4.78, 5) is 4.47. The first-order chi connectivity index (χ1) is 10.8. The minimum absolute atomic E-state index is 0.0175. The van der Waals surface area contributed by atoms with E-state index in [1.165, 1.54) is 0 Å². The van der Waals surface area contributed by atoms with Crippen molar-refractivity contribution in [3.8, 4) is 0 Å². The van der Waals surface area contributed by atoms with Crippen molar-refractivity contribution in [1.82, 2.24) is 4.98 Å². The Labute approximate surface area is 133 Å². The minimum Gasteiger partial charge on any atom is -0.501 e. The maximum absolute atomic E-state index is 5.37. The molecular formula is C16H17N3O2S. The number of hydrogen-bond donors (Lipinski definition) is 1. The van der Waals surface area contributed by atoms with Gasteiger partial charge >= 0.3 is 0 Å². The van der Waals surface area contributed by atoms with Crippen LogP contribution in [0.15, 0.2) is 52.9 Å². The number of methoxy groups -OCH3 is 2. The van der Waals surface area contributed by atoms with Gasteiger partial charge in [-0.05, 0) is 29.9 Å². The van der Waals surface area contributed by atoms with E-state index in [1.807, 2.05) is 36.4 Å². The van der Waals surface area contributed by atoms with E-state index in [9.17, 15) is 0 Å². The molecule has 1 heterocycles. The Hall–Kier alpha value is -2.18. The lowest BCUT2D eigenvalue weighted by Crippen LogP contribution is -2.14. The fraction of sp³-hybridized carbons (Fsp3) is 0.250. The summed E-state index contributed by atoms with van der Waals surface area (Å²) in [5.74, 6) is 0.885. The van der Waals surface area contributed by atoms with Crippen LogP contribution in [0.2, 0.25) is 0 Å². The van der Waals surface area contributed by atoms with Crippen molar-refractivity contribution >= 4 is 32.9 Å². The summed E-state index contributed by atoms with van der Waals surface area (Å²) in [6.45, 7) is 0. The van der Waals surface area contributed by atoms with Crippen LogP contribution in [0.1, 0.15) is 6.42 Å². The van der Waals surface area contributed by atoms with Crippen molar-refractivity contribution in [2.75, 3.05) is 19.6 Å². The Morgan fingerprint density at radius 3 is 3.00 bits per heavy atom. The lowest BCUT2D eigenvalue weighted by molar-refractivity contribution is 0.121. The molecule has 1 atom stereocenters. The van der Waals surface area contributed by atoms with Crippen molar-refractivity contribution in [2.45, 2.75) is 12.5 Å². The van der Waals surface area contributed by atoms with Crippen LogP contribution >= 0.6 is 11.3 Å². The zero-order chi connectivity index (χ0) is 15.4. The molecule has 1 aliphatic carbocycles. The molecule has 0 saturated heterocycles. The van der Waals surface area contributed by atoms with E-state index in [4.69, 9.17) is 9.47 Å². The molecule has 0 fully saturated rings. The van der Waals surface area contributed by atoms with E-state index in [0.29, 0.717) is 0 Å². The van der Waals surface area contributed by atoms with Crippen LogP contribution in [0, 0.1) is 0 Å². The molecule has 3 rings (SSSR count). The summed E-state index contributed by atoms with van der Waals surface area (Å²) < 4.78 is 11.8. The van der Waals surface area contributed by atoms with Crippen molar-refractivity contribution in [3.63, 3.8) is 0 Å². The number of ether oxygens (including phenoxy) is 2. The number of para-hydroxylation sites is 1. The van der Waals surface area contributed by atoms with Crippen molar-refractivity contribution in [2.24, 2.45) is 5.10 Å². The fourth-order valence-corrected chi connectivity index (χ4v) is 3.04. The minimum atomic E-state index is 0.0175. The zero-order valence-electron chi connectivity index (χ0n) is 12.4. The first-order valence-electron chi connectivity index (χ1n) is 6.92. The standard InChI is InChI=1S/C16H17N3O2S/c1-20-12-7-11(8-13(9-12)21-2)10-17-19-16-18-14-5-3-4-6-15(14)22-16/h3-8,10,12H,9H2,1-2H3,(H,18,19)/b17-10-/t12-/m0/s1. The predicted molar refractivity (Wildman–Crippen MR) is 90.3 cm³/mol. The van der Waals surface area contributed by atoms with E-state index < -0.39 is 0 Å². The highest BCUT2D eigenvalue weighted by molar-refractivity contribution is 7.22. The quantitative estimate of drug-likeness (QED) is 0.677. The van der Waals surface area contributed by atoms with E-state index in [1.54, 1.807) is 31.8 Å². The zero-order valence-corrected chi connectivity index (χ0v) is 13.3. The molecule has 2 aromatic rings. The van der Waals surface area contributed by atoms with Crippen LogP contribution in [0.4, 0.5) is 5.13 Å². The molecule has 1 aliphatic rings. The molecule has 0 unspecified atom stereocenters. The third-order valence-corrected chi connectivity index (χ3v) is 4.28. The lowest BCUT2D eigenvalue weighted by Gasteiger charge is -2.18. The lowest BCUT2D eigenvalue weighted by atomic mass is 10.0. The number of nitrogens with zero attached hydrogens (tertiary/aromatic N) is 2. The number of thiazole rings is 1. The van der Waals surface area contributed by atoms with Gasteiger partial charge in [-0.15, -0.1) is 0 Å². The molecular weight excluding hydrogens is 298 g/mol. The molecule has 1 aromatic carbocycles. The van der Waals surface area contributed by atoms with Gasteiger partial charge in [-0.25, -0.2) is 4.98 Å². The molecule has 0 spiro atoms. The first kappa shape index (κ1) is 14.7. The van der Waals surface area contributed by atoms with Crippen LogP contribution in [0.3, 0.4) is 0 Å². The number of anilines is 1. The summed E-state index contributed by atoms with van der Waals surface area (Å²) in [5, 5.41) is 5.02. The predicted octanol–water partition coefficient (Wildman–Crippen LogP) is 3.57. The van der Waals surface area contributed by atoms with Crippen molar-refractivity contribution in [1.29, 1.82) is 0 Å². The van der Waals surface area contributed by atoms with E-state index in [-0.39, 0.29) is 6.10 Å². The number of benzene rings is 1. The molecule has 0 radical (unpaired) electrons. The number of hydrogen-bond acceptors (Lipinski definition) is 6. The van der Waals surface area contributed by atoms with E-state index in [0.717, 1.165) is 33.1 Å². The normalized spacial score (nSPS) is 18.4. The molecule has 0 aliphatic heterocycles. The molecule has 1 N–H and O–H groups in total. The number of nitrogens with one attached hydrogen (secondary N) is 1. The second kappa shape index (κ2) is 6.72. The Kier molecular flexibility index (Phi) is 4.50.